The predicted octanol–water partition coefficient (Wildman–Crippen LogP) is 2.82. The second-order valence-electron chi connectivity index (χ2n) is 6.14. The summed E-state index contributed by atoms with van der Waals surface area (Å²) < 4.78 is 6.02. The summed E-state index contributed by atoms with van der Waals surface area (Å²) in [4.78, 5) is 17.0. The molecule has 0 saturated carbocycles. The van der Waals surface area contributed by atoms with Gasteiger partial charge in [-0.15, -0.1) is 12.3 Å². The van der Waals surface area contributed by atoms with Crippen molar-refractivity contribution in [2.45, 2.75) is 25.8 Å². The summed E-state index contributed by atoms with van der Waals surface area (Å²) in [5, 5.41) is 0. The van der Waals surface area contributed by atoms with Gasteiger partial charge in [-0.3, -0.25) is 4.99 Å². The summed E-state index contributed by atoms with van der Waals surface area (Å²) in [7, 11) is 3.94. The van der Waals surface area contributed by atoms with Crippen molar-refractivity contribution in [3.05, 3.63) is 55.3 Å². The molecule has 0 atom stereocenters. The highest BCUT2D eigenvalue weighted by molar-refractivity contribution is 6.00. The largest absolute Gasteiger partial charge is 0.333 e. The highest BCUT2D eigenvalue weighted by Crippen LogP contribution is 2.14. The molecule has 27 heavy (non-hydrogen) atoms. The Morgan fingerprint density at radius 2 is 1.63 bits per heavy atom. The quantitative estimate of drug-likeness (QED) is 0.518. The summed E-state index contributed by atoms with van der Waals surface area (Å²) in [5.74, 6) is 5.38. The van der Waals surface area contributed by atoms with Crippen LogP contribution in [0.5, 0.6) is 0 Å². The summed E-state index contributed by atoms with van der Waals surface area (Å²) in [6, 6.07) is 0. The molecule has 7 nitrogen and oxygen atoms in total. The molecule has 3 aromatic heterocycles. The molecular weight excluding hydrogens is 338 g/mol. The lowest BCUT2D eigenvalue weighted by Crippen LogP contribution is -2.05. The van der Waals surface area contributed by atoms with Crippen molar-refractivity contribution in [3.63, 3.8) is 0 Å². The van der Waals surface area contributed by atoms with E-state index in [9.17, 15) is 0 Å². The van der Waals surface area contributed by atoms with Crippen molar-refractivity contribution in [2.24, 2.45) is 19.1 Å². The van der Waals surface area contributed by atoms with Crippen LogP contribution in [0.15, 0.2) is 54.4 Å². The molecule has 0 radical (unpaired) electrons. The number of hydrogen-bond donors (Lipinski definition) is 0. The predicted molar refractivity (Wildman–Crippen MR) is 106 cm³/mol. The molecule has 138 valence electrons. The van der Waals surface area contributed by atoms with Crippen LogP contribution in [-0.2, 0) is 20.6 Å². The molecule has 1 aliphatic rings. The lowest BCUT2D eigenvalue weighted by atomic mass is 10.3. The number of aromatic nitrogens is 6. The molecule has 0 bridgehead atoms. The van der Waals surface area contributed by atoms with E-state index in [2.05, 4.69) is 30.4 Å². The van der Waals surface area contributed by atoms with Gasteiger partial charge in [-0.25, -0.2) is 15.0 Å². The summed E-state index contributed by atoms with van der Waals surface area (Å²) in [5.41, 5.74) is 1.05. The van der Waals surface area contributed by atoms with Gasteiger partial charge in [-0.05, 0) is 6.42 Å². The number of rotatable bonds is 5. The van der Waals surface area contributed by atoms with Gasteiger partial charge in [0.05, 0.1) is 5.71 Å². The average Bonchev–Trinajstić information content (AvgIpc) is 3.42. The van der Waals surface area contributed by atoms with E-state index in [0.717, 1.165) is 49.0 Å². The third kappa shape index (κ3) is 4.42. The molecule has 0 amide bonds. The maximum Gasteiger partial charge on any atom is 0.176 e. The van der Waals surface area contributed by atoms with E-state index in [4.69, 9.17) is 6.42 Å². The molecule has 0 saturated heterocycles. The minimum atomic E-state index is 0.790. The first-order chi connectivity index (χ1) is 13.2. The molecule has 0 unspecified atom stereocenters. The maximum absolute atomic E-state index is 5.23. The molecule has 0 N–H and O–H groups in total. The Labute approximate surface area is 159 Å². The van der Waals surface area contributed by atoms with E-state index < -0.39 is 0 Å². The van der Waals surface area contributed by atoms with Crippen LogP contribution >= 0.6 is 0 Å². The van der Waals surface area contributed by atoms with Gasteiger partial charge in [0, 0.05) is 76.9 Å². The highest BCUT2D eigenvalue weighted by atomic mass is 15.1. The van der Waals surface area contributed by atoms with Crippen LogP contribution in [0.3, 0.4) is 0 Å². The zero-order chi connectivity index (χ0) is 19.1. The Kier molecular flexibility index (Phi) is 6.00. The van der Waals surface area contributed by atoms with Crippen LogP contribution in [-0.4, -0.2) is 34.4 Å². The number of nitrogens with zero attached hydrogens (tertiary/aromatic N) is 7. The lowest BCUT2D eigenvalue weighted by molar-refractivity contribution is 0.656. The normalized spacial score (nSPS) is 12.4. The van der Waals surface area contributed by atoms with Crippen molar-refractivity contribution >= 4 is 5.71 Å². The van der Waals surface area contributed by atoms with Crippen LogP contribution in [0.25, 0.3) is 11.6 Å². The Hall–Kier alpha value is -3.40. The van der Waals surface area contributed by atoms with Crippen molar-refractivity contribution in [1.82, 2.24) is 28.7 Å². The fraction of sp³-hybridized carbons (Fsp3) is 0.300. The van der Waals surface area contributed by atoms with Crippen molar-refractivity contribution < 1.29 is 0 Å². The van der Waals surface area contributed by atoms with E-state index in [1.54, 1.807) is 18.6 Å². The molecule has 1 aliphatic heterocycles. The van der Waals surface area contributed by atoms with Gasteiger partial charge in [0.2, 0.25) is 0 Å². The van der Waals surface area contributed by atoms with Crippen molar-refractivity contribution in [1.29, 1.82) is 0 Å². The SMILES string of the molecule is C#CCCCn1ccnc1-c1nccn1C.Cn1ccnc1C1=NC=CC1. The third-order valence-corrected chi connectivity index (χ3v) is 4.18. The number of terminal acetylenes is 1. The van der Waals surface area contributed by atoms with Crippen LogP contribution in [0.1, 0.15) is 25.1 Å². The average molecular weight is 361 g/mol. The monoisotopic (exact) mass is 361 g/mol. The molecule has 0 aromatic carbocycles. The molecule has 3 aromatic rings. The van der Waals surface area contributed by atoms with Crippen molar-refractivity contribution in [2.75, 3.05) is 0 Å². The molecule has 0 fully saturated rings. The zero-order valence-corrected chi connectivity index (χ0v) is 15.7. The van der Waals surface area contributed by atoms with Gasteiger partial charge in [0.1, 0.15) is 0 Å². The van der Waals surface area contributed by atoms with E-state index in [0.29, 0.717) is 0 Å². The van der Waals surface area contributed by atoms with E-state index in [-0.39, 0.29) is 0 Å². The fourth-order valence-electron chi connectivity index (χ4n) is 2.78. The smallest absolute Gasteiger partial charge is 0.176 e. The number of hydrogen-bond acceptors (Lipinski definition) is 4. The standard InChI is InChI=1S/C12H14N4.C8H9N3/c1-3-4-5-8-16-10-7-14-12(16)11-13-6-9-15(11)2;1-11-6-5-10-8(11)7-3-2-4-9-7/h1,6-7,9-10H,4-5,8H2,2H3;2,4-6H,3H2,1H3. The number of allylic oxidation sites excluding steroid dienone is 1. The van der Waals surface area contributed by atoms with Gasteiger partial charge in [0.15, 0.2) is 17.5 Å². The van der Waals surface area contributed by atoms with Gasteiger partial charge in [-0.2, -0.15) is 0 Å². The first-order valence-corrected chi connectivity index (χ1v) is 8.82. The van der Waals surface area contributed by atoms with E-state index in [1.165, 1.54) is 0 Å². The maximum atomic E-state index is 5.23. The summed E-state index contributed by atoms with van der Waals surface area (Å²) in [6.07, 6.45) is 22.9. The minimum Gasteiger partial charge on any atom is -0.333 e. The van der Waals surface area contributed by atoms with E-state index >= 15 is 0 Å². The Morgan fingerprint density at radius 1 is 0.963 bits per heavy atom. The minimum absolute atomic E-state index is 0.790. The highest BCUT2D eigenvalue weighted by Gasteiger charge is 2.10. The van der Waals surface area contributed by atoms with Crippen molar-refractivity contribution in [3.8, 4) is 24.0 Å². The Bertz CT molecular complexity index is 978. The Morgan fingerprint density at radius 3 is 2.22 bits per heavy atom. The summed E-state index contributed by atoms with van der Waals surface area (Å²) >= 11 is 0. The van der Waals surface area contributed by atoms with Crippen LogP contribution in [0, 0.1) is 12.3 Å². The van der Waals surface area contributed by atoms with E-state index in [1.807, 2.05) is 54.1 Å². The van der Waals surface area contributed by atoms with Gasteiger partial charge < -0.3 is 13.7 Å². The number of aliphatic imine (C=N–C) groups is 1. The molecular formula is C20H23N7. The van der Waals surface area contributed by atoms with Crippen LogP contribution < -0.4 is 0 Å². The number of aryl methyl sites for hydroxylation is 3. The molecule has 0 aliphatic carbocycles. The second-order valence-corrected chi connectivity index (χ2v) is 6.14. The molecule has 4 heterocycles. The van der Waals surface area contributed by atoms with Gasteiger partial charge in [-0.1, -0.05) is 6.08 Å². The van der Waals surface area contributed by atoms with Gasteiger partial charge in [0.25, 0.3) is 0 Å². The Balaban J connectivity index is 0.000000166. The summed E-state index contributed by atoms with van der Waals surface area (Å²) in [6.45, 7) is 0.881. The van der Waals surface area contributed by atoms with Crippen LogP contribution in [0.2, 0.25) is 0 Å². The molecule has 0 spiro atoms. The molecule has 4 rings (SSSR count). The second kappa shape index (κ2) is 8.81. The molecule has 7 heteroatoms. The van der Waals surface area contributed by atoms with Crippen LogP contribution in [0.4, 0.5) is 0 Å². The topological polar surface area (TPSA) is 65.8 Å². The first-order valence-electron chi connectivity index (χ1n) is 8.82. The fourth-order valence-corrected chi connectivity index (χ4v) is 2.78. The van der Waals surface area contributed by atoms with Gasteiger partial charge >= 0.3 is 0 Å². The zero-order valence-electron chi connectivity index (χ0n) is 15.7. The lowest BCUT2D eigenvalue weighted by Gasteiger charge is -2.06. The number of unbranched alkanes of at least 4 members (excludes halogenated alkanes) is 1. The third-order valence-electron chi connectivity index (χ3n) is 4.18. The number of imidazole rings is 3. The first kappa shape index (κ1) is 18.4.